The first-order chi connectivity index (χ1) is 12.9. The van der Waals surface area contributed by atoms with Crippen LogP contribution < -0.4 is 10.9 Å². The summed E-state index contributed by atoms with van der Waals surface area (Å²) in [6.07, 6.45) is 2.00. The Morgan fingerprint density at radius 1 is 1.11 bits per heavy atom. The number of rotatable bonds is 4. The van der Waals surface area contributed by atoms with Crippen LogP contribution in [0, 0.1) is 5.82 Å². The molecule has 0 unspecified atom stereocenters. The van der Waals surface area contributed by atoms with Gasteiger partial charge < -0.3 is 4.57 Å². The van der Waals surface area contributed by atoms with Crippen molar-refractivity contribution in [3.8, 4) is 0 Å². The second kappa shape index (κ2) is 7.81. The lowest BCUT2D eigenvalue weighted by molar-refractivity contribution is -0.132. The number of hydrogen-bond acceptors (Lipinski definition) is 4. The molecule has 27 heavy (non-hydrogen) atoms. The summed E-state index contributed by atoms with van der Waals surface area (Å²) < 4.78 is 14.6. The molecule has 2 heterocycles. The largest absolute Gasteiger partial charge is 0.347 e. The normalized spacial score (nSPS) is 13.9. The van der Waals surface area contributed by atoms with Crippen LogP contribution in [0.1, 0.15) is 28.9 Å². The Bertz CT molecular complexity index is 904. The van der Waals surface area contributed by atoms with Gasteiger partial charge in [-0.25, -0.2) is 9.40 Å². The average Bonchev–Trinajstić information content (AvgIpc) is 3.09. The molecule has 8 nitrogen and oxygen atoms in total. The number of halogens is 1. The Morgan fingerprint density at radius 3 is 2.48 bits per heavy atom. The van der Waals surface area contributed by atoms with Crippen molar-refractivity contribution < 1.29 is 18.8 Å². The zero-order valence-electron chi connectivity index (χ0n) is 14.6. The van der Waals surface area contributed by atoms with E-state index in [9.17, 15) is 18.8 Å². The zero-order chi connectivity index (χ0) is 19.4. The molecular weight excluding hydrogens is 353 g/mol. The van der Waals surface area contributed by atoms with Gasteiger partial charge in [0.25, 0.3) is 11.8 Å². The maximum Gasteiger partial charge on any atom is 0.286 e. The van der Waals surface area contributed by atoms with E-state index in [0.717, 1.165) is 0 Å². The van der Waals surface area contributed by atoms with Crippen molar-refractivity contribution in [2.24, 2.45) is 12.1 Å². The molecule has 9 heteroatoms. The third-order valence-electron chi connectivity index (χ3n) is 4.08. The van der Waals surface area contributed by atoms with Gasteiger partial charge in [-0.2, -0.15) is 5.10 Å². The lowest BCUT2D eigenvalue weighted by Crippen LogP contribution is -2.47. The number of carbonyl (C=O) groups excluding carboxylic acids is 3. The molecule has 1 aromatic heterocycles. The van der Waals surface area contributed by atoms with Crippen molar-refractivity contribution in [3.63, 3.8) is 0 Å². The van der Waals surface area contributed by atoms with Crippen molar-refractivity contribution in [2.45, 2.75) is 19.4 Å². The zero-order valence-corrected chi connectivity index (χ0v) is 14.6. The molecule has 140 valence electrons. The summed E-state index contributed by atoms with van der Waals surface area (Å²) in [4.78, 5) is 36.3. The number of hydrogen-bond donors (Lipinski definition) is 2. The van der Waals surface area contributed by atoms with Gasteiger partial charge in [0.1, 0.15) is 17.2 Å². The summed E-state index contributed by atoms with van der Waals surface area (Å²) in [5, 5.41) is 5.25. The molecule has 3 amide bonds. The molecule has 1 aliphatic heterocycles. The molecule has 0 atom stereocenters. The quantitative estimate of drug-likeness (QED) is 0.788. The van der Waals surface area contributed by atoms with Crippen LogP contribution >= 0.6 is 0 Å². The van der Waals surface area contributed by atoms with E-state index in [1.807, 2.05) is 0 Å². The molecule has 1 aromatic carbocycles. The number of hydrazone groups is 1. The SMILES string of the molecule is Cn1cccc1C(=O)NNC(=O)C1=NN(Cc2ccc(F)cc2)C(=O)CC1. The highest BCUT2D eigenvalue weighted by Gasteiger charge is 2.25. The van der Waals surface area contributed by atoms with Gasteiger partial charge in [0.15, 0.2) is 0 Å². The second-order valence-electron chi connectivity index (χ2n) is 6.04. The van der Waals surface area contributed by atoms with E-state index in [-0.39, 0.29) is 36.8 Å². The maximum absolute atomic E-state index is 13.0. The summed E-state index contributed by atoms with van der Waals surface area (Å²) in [5.74, 6) is -1.66. The minimum Gasteiger partial charge on any atom is -0.347 e. The Hall–Kier alpha value is -3.49. The van der Waals surface area contributed by atoms with Gasteiger partial charge >= 0.3 is 0 Å². The van der Waals surface area contributed by atoms with Crippen molar-refractivity contribution >= 4 is 23.4 Å². The summed E-state index contributed by atoms with van der Waals surface area (Å²) in [7, 11) is 1.71. The third kappa shape index (κ3) is 4.38. The molecular formula is C18H18FN5O3. The van der Waals surface area contributed by atoms with E-state index < -0.39 is 11.8 Å². The number of nitrogens with one attached hydrogen (secondary N) is 2. The molecule has 0 saturated carbocycles. The van der Waals surface area contributed by atoms with Crippen LogP contribution in [0.4, 0.5) is 4.39 Å². The number of aryl methyl sites for hydroxylation is 1. The van der Waals surface area contributed by atoms with Crippen molar-refractivity contribution in [1.29, 1.82) is 0 Å². The molecule has 0 saturated heterocycles. The number of benzene rings is 1. The first-order valence-electron chi connectivity index (χ1n) is 8.28. The van der Waals surface area contributed by atoms with Gasteiger partial charge in [-0.1, -0.05) is 12.1 Å². The highest BCUT2D eigenvalue weighted by atomic mass is 19.1. The van der Waals surface area contributed by atoms with Crippen molar-refractivity contribution in [2.75, 3.05) is 0 Å². The van der Waals surface area contributed by atoms with E-state index >= 15 is 0 Å². The predicted octanol–water partition coefficient (Wildman–Crippen LogP) is 1.10. The molecule has 3 rings (SSSR count). The number of hydrazine groups is 1. The molecule has 2 N–H and O–H groups in total. The van der Waals surface area contributed by atoms with Crippen LogP contribution in [0.25, 0.3) is 0 Å². The number of amides is 3. The lowest BCUT2D eigenvalue weighted by atomic mass is 10.1. The molecule has 0 fully saturated rings. The van der Waals surface area contributed by atoms with Crippen LogP contribution in [-0.2, 0) is 23.2 Å². The Labute approximate surface area is 154 Å². The number of carbonyl (C=O) groups is 3. The Kier molecular flexibility index (Phi) is 5.30. The smallest absolute Gasteiger partial charge is 0.286 e. The van der Waals surface area contributed by atoms with Crippen LogP contribution in [0.3, 0.4) is 0 Å². The molecule has 0 bridgehead atoms. The fraction of sp³-hybridized carbons (Fsp3) is 0.222. The lowest BCUT2D eigenvalue weighted by Gasteiger charge is -2.23. The standard InChI is InChI=1S/C18H18FN5O3/c1-23-10-2-3-15(23)18(27)21-20-17(26)14-8-9-16(25)24(22-14)11-12-4-6-13(19)7-5-12/h2-7,10H,8-9,11H2,1H3,(H,20,26)(H,21,27). The molecule has 0 aliphatic carbocycles. The Balaban J connectivity index is 1.63. The fourth-order valence-corrected chi connectivity index (χ4v) is 2.60. The van der Waals surface area contributed by atoms with Crippen molar-refractivity contribution in [1.82, 2.24) is 20.4 Å². The van der Waals surface area contributed by atoms with E-state index in [4.69, 9.17) is 0 Å². The maximum atomic E-state index is 13.0. The average molecular weight is 371 g/mol. The Morgan fingerprint density at radius 2 is 1.81 bits per heavy atom. The number of aromatic nitrogens is 1. The van der Waals surface area contributed by atoms with Gasteiger partial charge in [-0.05, 0) is 29.8 Å². The molecule has 0 spiro atoms. The third-order valence-corrected chi connectivity index (χ3v) is 4.08. The first kappa shape index (κ1) is 18.3. The minimum absolute atomic E-state index is 0.124. The van der Waals surface area contributed by atoms with Crippen molar-refractivity contribution in [3.05, 3.63) is 59.7 Å². The van der Waals surface area contributed by atoms with E-state index in [0.29, 0.717) is 11.3 Å². The minimum atomic E-state index is -0.589. The van der Waals surface area contributed by atoms with E-state index in [1.54, 1.807) is 42.1 Å². The summed E-state index contributed by atoms with van der Waals surface area (Å²) in [6.45, 7) is 0.131. The molecule has 0 radical (unpaired) electrons. The summed E-state index contributed by atoms with van der Waals surface area (Å²) in [5.41, 5.74) is 5.82. The summed E-state index contributed by atoms with van der Waals surface area (Å²) >= 11 is 0. The van der Waals surface area contributed by atoms with Crippen LogP contribution in [-0.4, -0.2) is 33.0 Å². The van der Waals surface area contributed by atoms with Gasteiger partial charge in [0.05, 0.1) is 6.54 Å². The molecule has 2 aromatic rings. The van der Waals surface area contributed by atoms with E-state index in [1.165, 1.54) is 17.1 Å². The second-order valence-corrected chi connectivity index (χ2v) is 6.04. The predicted molar refractivity (Wildman–Crippen MR) is 94.6 cm³/mol. The number of nitrogens with zero attached hydrogens (tertiary/aromatic N) is 3. The van der Waals surface area contributed by atoms with Crippen LogP contribution in [0.5, 0.6) is 0 Å². The van der Waals surface area contributed by atoms with Gasteiger partial charge in [0.2, 0.25) is 5.91 Å². The van der Waals surface area contributed by atoms with E-state index in [2.05, 4.69) is 16.0 Å². The highest BCUT2D eigenvalue weighted by Crippen LogP contribution is 2.14. The first-order valence-corrected chi connectivity index (χ1v) is 8.28. The van der Waals surface area contributed by atoms with Gasteiger partial charge in [0, 0.05) is 26.1 Å². The van der Waals surface area contributed by atoms with Crippen LogP contribution in [0.2, 0.25) is 0 Å². The van der Waals surface area contributed by atoms with Crippen LogP contribution in [0.15, 0.2) is 47.7 Å². The molecule has 1 aliphatic rings. The monoisotopic (exact) mass is 371 g/mol. The summed E-state index contributed by atoms with van der Waals surface area (Å²) in [6, 6.07) is 9.00. The topological polar surface area (TPSA) is 95.8 Å². The fourth-order valence-electron chi connectivity index (χ4n) is 2.60. The highest BCUT2D eigenvalue weighted by molar-refractivity contribution is 6.39. The van der Waals surface area contributed by atoms with Gasteiger partial charge in [-0.3, -0.25) is 25.2 Å². The van der Waals surface area contributed by atoms with Gasteiger partial charge in [-0.15, -0.1) is 0 Å².